The molecule has 0 amide bonds. The molecule has 2 nitrogen and oxygen atoms in total. The van der Waals surface area contributed by atoms with Gasteiger partial charge in [-0.05, 0) is 19.8 Å². The summed E-state index contributed by atoms with van der Waals surface area (Å²) >= 11 is 0. The standard InChI is InChI=1S/C16H35NO/c1-4-6-7-8-9-10-11-12-13-14-15-16-17(3,18)5-2/h4-16H2,1-3H3. The van der Waals surface area contributed by atoms with E-state index < -0.39 is 0 Å². The lowest BCUT2D eigenvalue weighted by Gasteiger charge is -2.37. The Bertz CT molecular complexity index is 168. The highest BCUT2D eigenvalue weighted by atomic mass is 16.5. The summed E-state index contributed by atoms with van der Waals surface area (Å²) in [6.45, 7) is 5.75. The molecule has 0 saturated heterocycles. The van der Waals surface area contributed by atoms with Crippen LogP contribution in [0.3, 0.4) is 0 Å². The van der Waals surface area contributed by atoms with Crippen molar-refractivity contribution in [2.24, 2.45) is 0 Å². The minimum absolute atomic E-state index is 0.0581. The van der Waals surface area contributed by atoms with Crippen LogP contribution < -0.4 is 0 Å². The van der Waals surface area contributed by atoms with Crippen molar-refractivity contribution in [2.75, 3.05) is 20.1 Å². The summed E-state index contributed by atoms with van der Waals surface area (Å²) in [6, 6.07) is 0. The molecule has 0 heterocycles. The van der Waals surface area contributed by atoms with Crippen LogP contribution in [0.2, 0.25) is 0 Å². The molecule has 0 aromatic carbocycles. The smallest absolute Gasteiger partial charge is 0.0781 e. The molecule has 1 unspecified atom stereocenters. The van der Waals surface area contributed by atoms with Gasteiger partial charge in [-0.2, -0.15) is 0 Å². The maximum Gasteiger partial charge on any atom is 0.0781 e. The first-order valence-corrected chi connectivity index (χ1v) is 8.18. The lowest BCUT2D eigenvalue weighted by atomic mass is 10.1. The molecule has 0 saturated carbocycles. The van der Waals surface area contributed by atoms with Crippen LogP contribution in [0.1, 0.15) is 84.5 Å². The number of quaternary nitrogens is 1. The molecular formula is C16H35NO. The third kappa shape index (κ3) is 12.4. The Balaban J connectivity index is 3.08. The van der Waals surface area contributed by atoms with Gasteiger partial charge in [-0.3, -0.25) is 0 Å². The van der Waals surface area contributed by atoms with E-state index in [9.17, 15) is 5.21 Å². The van der Waals surface area contributed by atoms with E-state index >= 15 is 0 Å². The molecule has 0 aromatic rings. The van der Waals surface area contributed by atoms with E-state index in [4.69, 9.17) is 0 Å². The second kappa shape index (κ2) is 12.0. The van der Waals surface area contributed by atoms with Crippen molar-refractivity contribution >= 4 is 0 Å². The van der Waals surface area contributed by atoms with Gasteiger partial charge in [0.15, 0.2) is 0 Å². The average Bonchev–Trinajstić information content (AvgIpc) is 2.36. The lowest BCUT2D eigenvalue weighted by Crippen LogP contribution is -2.37. The van der Waals surface area contributed by atoms with Gasteiger partial charge >= 0.3 is 0 Å². The van der Waals surface area contributed by atoms with Gasteiger partial charge in [0.25, 0.3) is 0 Å². The molecule has 0 aliphatic carbocycles. The third-order valence-corrected chi connectivity index (χ3v) is 3.90. The van der Waals surface area contributed by atoms with E-state index in [1.807, 2.05) is 6.92 Å². The molecule has 2 heteroatoms. The van der Waals surface area contributed by atoms with Crippen molar-refractivity contribution in [3.8, 4) is 0 Å². The maximum atomic E-state index is 11.7. The fraction of sp³-hybridized carbons (Fsp3) is 1.00. The molecule has 18 heavy (non-hydrogen) atoms. The second-order valence-corrected chi connectivity index (χ2v) is 5.87. The van der Waals surface area contributed by atoms with Crippen LogP contribution in [0.4, 0.5) is 0 Å². The fourth-order valence-electron chi connectivity index (χ4n) is 2.27. The number of hydrogen-bond acceptors (Lipinski definition) is 1. The first kappa shape index (κ1) is 17.9. The summed E-state index contributed by atoms with van der Waals surface area (Å²) < 4.78 is -0.0581. The van der Waals surface area contributed by atoms with Crippen LogP contribution in [-0.4, -0.2) is 24.8 Å². The van der Waals surface area contributed by atoms with E-state index in [-0.39, 0.29) is 4.65 Å². The monoisotopic (exact) mass is 257 g/mol. The normalized spacial score (nSPS) is 14.7. The number of unbranched alkanes of at least 4 members (excludes halogenated alkanes) is 10. The zero-order valence-corrected chi connectivity index (χ0v) is 13.0. The van der Waals surface area contributed by atoms with E-state index in [1.54, 1.807) is 7.05 Å². The molecular weight excluding hydrogens is 222 g/mol. The van der Waals surface area contributed by atoms with Gasteiger partial charge in [0.2, 0.25) is 0 Å². The molecule has 110 valence electrons. The topological polar surface area (TPSA) is 23.1 Å². The molecule has 0 radical (unpaired) electrons. The minimum atomic E-state index is -0.0581. The van der Waals surface area contributed by atoms with Crippen LogP contribution in [-0.2, 0) is 0 Å². The predicted octanol–water partition coefficient (Wildman–Crippen LogP) is 5.26. The zero-order valence-electron chi connectivity index (χ0n) is 13.0. The highest BCUT2D eigenvalue weighted by molar-refractivity contribution is 4.48. The van der Waals surface area contributed by atoms with Crippen molar-refractivity contribution in [1.82, 2.24) is 0 Å². The Morgan fingerprint density at radius 2 is 1.06 bits per heavy atom. The van der Waals surface area contributed by atoms with Gasteiger partial charge in [-0.25, -0.2) is 0 Å². The van der Waals surface area contributed by atoms with Gasteiger partial charge in [-0.1, -0.05) is 64.7 Å². The predicted molar refractivity (Wildman–Crippen MR) is 81.4 cm³/mol. The highest BCUT2D eigenvalue weighted by Crippen LogP contribution is 2.12. The zero-order chi connectivity index (χ0) is 13.7. The van der Waals surface area contributed by atoms with Crippen LogP contribution in [0, 0.1) is 5.21 Å². The van der Waals surface area contributed by atoms with Crippen LogP contribution in [0.5, 0.6) is 0 Å². The third-order valence-electron chi connectivity index (χ3n) is 3.90. The van der Waals surface area contributed by atoms with Gasteiger partial charge in [0, 0.05) is 0 Å². The summed E-state index contributed by atoms with van der Waals surface area (Å²) in [5.74, 6) is 0. The Hall–Kier alpha value is -0.0800. The van der Waals surface area contributed by atoms with Crippen molar-refractivity contribution in [3.05, 3.63) is 5.21 Å². The number of hydrogen-bond donors (Lipinski definition) is 0. The molecule has 0 N–H and O–H groups in total. The first-order chi connectivity index (χ1) is 8.62. The minimum Gasteiger partial charge on any atom is -0.633 e. The van der Waals surface area contributed by atoms with Crippen molar-refractivity contribution in [2.45, 2.75) is 84.5 Å². The van der Waals surface area contributed by atoms with Crippen molar-refractivity contribution < 1.29 is 4.65 Å². The summed E-state index contributed by atoms with van der Waals surface area (Å²) in [4.78, 5) is 0. The SMILES string of the molecule is CCCCCCCCCCCCC[N+](C)([O-])CC. The summed E-state index contributed by atoms with van der Waals surface area (Å²) in [5, 5.41) is 11.7. The maximum absolute atomic E-state index is 11.7. The Morgan fingerprint density at radius 3 is 1.44 bits per heavy atom. The van der Waals surface area contributed by atoms with Crippen molar-refractivity contribution in [3.63, 3.8) is 0 Å². The Morgan fingerprint density at radius 1 is 0.667 bits per heavy atom. The van der Waals surface area contributed by atoms with E-state index in [0.717, 1.165) is 13.0 Å². The summed E-state index contributed by atoms with van der Waals surface area (Å²) in [7, 11) is 1.79. The summed E-state index contributed by atoms with van der Waals surface area (Å²) in [6.07, 6.45) is 14.8. The molecule has 0 aliphatic heterocycles. The van der Waals surface area contributed by atoms with Crippen LogP contribution >= 0.6 is 0 Å². The van der Waals surface area contributed by atoms with Gasteiger partial charge in [0.05, 0.1) is 20.1 Å². The van der Waals surface area contributed by atoms with E-state index in [2.05, 4.69) is 6.92 Å². The molecule has 0 spiro atoms. The Labute approximate surface area is 115 Å². The van der Waals surface area contributed by atoms with Crippen LogP contribution in [0.25, 0.3) is 0 Å². The van der Waals surface area contributed by atoms with E-state index in [1.165, 1.54) is 64.2 Å². The number of rotatable bonds is 13. The van der Waals surface area contributed by atoms with Crippen molar-refractivity contribution in [1.29, 1.82) is 0 Å². The molecule has 0 bridgehead atoms. The second-order valence-electron chi connectivity index (χ2n) is 5.87. The number of hydroxylamine groups is 3. The number of nitrogens with zero attached hydrogens (tertiary/aromatic N) is 1. The summed E-state index contributed by atoms with van der Waals surface area (Å²) in [5.41, 5.74) is 0. The van der Waals surface area contributed by atoms with Gasteiger partial charge in [-0.15, -0.1) is 0 Å². The quantitative estimate of drug-likeness (QED) is 0.251. The lowest BCUT2D eigenvalue weighted by molar-refractivity contribution is -0.859. The fourth-order valence-corrected chi connectivity index (χ4v) is 2.27. The Kier molecular flexibility index (Phi) is 11.9. The van der Waals surface area contributed by atoms with Gasteiger partial charge < -0.3 is 9.85 Å². The largest absolute Gasteiger partial charge is 0.633 e. The highest BCUT2D eigenvalue weighted by Gasteiger charge is 2.04. The first-order valence-electron chi connectivity index (χ1n) is 8.18. The molecule has 1 atom stereocenters. The molecule has 0 rings (SSSR count). The van der Waals surface area contributed by atoms with Crippen LogP contribution in [0.15, 0.2) is 0 Å². The van der Waals surface area contributed by atoms with E-state index in [0.29, 0.717) is 6.54 Å². The molecule has 0 fully saturated rings. The average molecular weight is 257 g/mol. The molecule has 0 aliphatic rings. The van der Waals surface area contributed by atoms with Gasteiger partial charge in [0.1, 0.15) is 0 Å². The molecule has 0 aromatic heterocycles.